The first kappa shape index (κ1) is 63.8. The van der Waals surface area contributed by atoms with Gasteiger partial charge in [-0.15, -0.1) is 0 Å². The average molecular weight is 1210 g/mol. The smallest absolute Gasteiger partial charge is 0.261 e. The lowest BCUT2D eigenvalue weighted by Gasteiger charge is -2.51. The van der Waals surface area contributed by atoms with E-state index in [0.717, 1.165) is 86.5 Å². The zero-order valence-electron chi connectivity index (χ0n) is 55.9. The Bertz CT molecular complexity index is 3790. The minimum atomic E-state index is -0.835. The third-order valence-corrected chi connectivity index (χ3v) is 19.2. The Labute approximate surface area is 535 Å². The molecule has 4 amide bonds. The molecule has 2 aliphatic heterocycles. The molecule has 4 atom stereocenters. The van der Waals surface area contributed by atoms with Gasteiger partial charge in [0.1, 0.15) is 46.0 Å². The van der Waals surface area contributed by atoms with Gasteiger partial charge in [0.25, 0.3) is 17.7 Å². The molecule has 10 heteroatoms. The average Bonchev–Trinajstić information content (AvgIpc) is 0.676. The Morgan fingerprint density at radius 3 is 1.28 bits per heavy atom. The molecule has 0 spiro atoms. The molecule has 10 nitrogen and oxygen atoms in total. The number of hydrogen-bond donors (Lipinski definition) is 0. The van der Waals surface area contributed by atoms with Crippen LogP contribution in [0.2, 0.25) is 0 Å². The Morgan fingerprint density at radius 2 is 0.822 bits per heavy atom. The van der Waals surface area contributed by atoms with Crippen molar-refractivity contribution in [1.29, 1.82) is 0 Å². The number of unbranched alkanes of at least 4 members (excludes halogenated alkanes) is 10. The molecule has 5 aliphatic rings. The SMILES string of the molecule is CCCCCCCCN1C(=O)c2cc(Oc3ccc(C(C)(C)C)cc3)c3c4c(c(Oc5ccc(C(C)(C)C)cc5)cc(c24)C1=O)C1C(Oc2ccc(C(C)(C)C)cc2)=CC2C(=O)N(CCCCCCCC)C(=O)C4=CC(Oc5ccc(C(C)(C)C)cc5)=C3C1C42. The second-order valence-corrected chi connectivity index (χ2v) is 30.0. The van der Waals surface area contributed by atoms with Gasteiger partial charge in [0.05, 0.1) is 23.0 Å². The summed E-state index contributed by atoms with van der Waals surface area (Å²) in [5, 5.41) is 1.06. The molecule has 1 saturated heterocycles. The minimum Gasteiger partial charge on any atom is -0.461 e. The second kappa shape index (κ2) is 25.2. The molecule has 6 aromatic carbocycles. The van der Waals surface area contributed by atoms with Crippen molar-refractivity contribution in [3.63, 3.8) is 0 Å². The number of carbonyl (C=O) groups excluding carboxylic acids is 4. The topological polar surface area (TPSA) is 112 Å². The maximum Gasteiger partial charge on any atom is 0.261 e. The summed E-state index contributed by atoms with van der Waals surface area (Å²) >= 11 is 0. The summed E-state index contributed by atoms with van der Waals surface area (Å²) in [5.41, 5.74) is 6.96. The third kappa shape index (κ3) is 12.6. The Morgan fingerprint density at radius 1 is 0.422 bits per heavy atom. The molecule has 0 N–H and O–H groups in total. The molecule has 2 heterocycles. The Hall–Kier alpha value is -7.72. The fourth-order valence-electron chi connectivity index (χ4n) is 14.1. The van der Waals surface area contributed by atoms with Crippen LogP contribution in [0.1, 0.15) is 234 Å². The van der Waals surface area contributed by atoms with E-state index in [4.69, 9.17) is 18.9 Å². The van der Waals surface area contributed by atoms with Gasteiger partial charge in [-0.1, -0.05) is 210 Å². The monoisotopic (exact) mass is 1210 g/mol. The normalized spacial score (nSPS) is 18.9. The highest BCUT2D eigenvalue weighted by atomic mass is 16.5. The predicted octanol–water partition coefficient (Wildman–Crippen LogP) is 20.0. The highest BCUT2D eigenvalue weighted by molar-refractivity contribution is 6.28. The van der Waals surface area contributed by atoms with E-state index in [0.29, 0.717) is 103 Å². The molecular weight excluding hydrogens is 1120 g/mol. The molecular formula is C80H94N2O8. The molecule has 0 radical (unpaired) electrons. The number of nitrogens with zero attached hydrogens (tertiary/aromatic N) is 2. The third-order valence-electron chi connectivity index (χ3n) is 19.2. The number of carbonyl (C=O) groups is 4. The first-order chi connectivity index (χ1) is 42.8. The number of hydrogen-bond acceptors (Lipinski definition) is 8. The number of allylic oxidation sites excluding steroid dienone is 3. The second-order valence-electron chi connectivity index (χ2n) is 30.0. The molecule has 0 aromatic heterocycles. The number of likely N-dealkylation sites (tertiary alicyclic amines) is 1. The highest BCUT2D eigenvalue weighted by Gasteiger charge is 2.59. The number of amides is 4. The molecule has 1 fully saturated rings. The van der Waals surface area contributed by atoms with Crippen molar-refractivity contribution in [3.05, 3.63) is 183 Å². The molecule has 472 valence electrons. The molecule has 11 rings (SSSR count). The van der Waals surface area contributed by atoms with Crippen LogP contribution in [-0.2, 0) is 31.2 Å². The van der Waals surface area contributed by atoms with Crippen LogP contribution < -0.4 is 18.9 Å². The summed E-state index contributed by atoms with van der Waals surface area (Å²) in [6.45, 7) is 31.0. The van der Waals surface area contributed by atoms with Crippen LogP contribution in [0.5, 0.6) is 34.5 Å². The number of benzene rings is 6. The fourth-order valence-corrected chi connectivity index (χ4v) is 14.1. The number of piperidine rings is 1. The molecule has 0 bridgehead atoms. The van der Waals surface area contributed by atoms with Crippen molar-refractivity contribution in [2.45, 2.75) is 202 Å². The van der Waals surface area contributed by atoms with Crippen LogP contribution in [0, 0.1) is 17.8 Å². The number of ether oxygens (including phenoxy) is 4. The zero-order valence-corrected chi connectivity index (χ0v) is 55.9. The Balaban J connectivity index is 1.23. The summed E-state index contributed by atoms with van der Waals surface area (Å²) in [4.78, 5) is 65.8. The zero-order chi connectivity index (χ0) is 64.2. The van der Waals surface area contributed by atoms with Crippen molar-refractivity contribution in [2.75, 3.05) is 13.1 Å². The summed E-state index contributed by atoms with van der Waals surface area (Å²) in [7, 11) is 0. The van der Waals surface area contributed by atoms with Gasteiger partial charge in [0.2, 0.25) is 5.91 Å². The molecule has 6 aromatic rings. The largest absolute Gasteiger partial charge is 0.461 e. The quantitative estimate of drug-likeness (QED) is 0.0488. The summed E-state index contributed by atoms with van der Waals surface area (Å²) in [5.74, 6) is -0.649. The number of fused-ring (bicyclic) bond motifs is 2. The van der Waals surface area contributed by atoms with Crippen LogP contribution in [0.25, 0.3) is 16.3 Å². The fraction of sp³-hybridized carbons (Fsp3) is 0.450. The standard InChI is InChI=1S/C80H94N2O8/c1-15-17-19-21-23-25-43-81-73(83)57-45-61(87-53-35-27-49(28-36-53)77(3,4)5)67-69-63(89-55-39-31-51(32-40-55)79(9,10)11)47-59-66-60(76(86)82(75(59)85)44-26-24-22-20-18-16-2)48-64(90-56-41-33-52(34-42-56)80(12,13)14)70(72(66)69)68-62(46-58(74(81)84)65(57)71(67)68)88-54-37-29-50(30-38-54)78(6,7)8/h27-42,45-48,57,65,67,71H,15-26,43-44H2,1-14H3. The van der Waals surface area contributed by atoms with E-state index in [1.165, 1.54) is 9.80 Å². The van der Waals surface area contributed by atoms with E-state index < -0.39 is 35.5 Å². The van der Waals surface area contributed by atoms with Crippen LogP contribution in [-0.4, -0.2) is 46.5 Å². The van der Waals surface area contributed by atoms with Gasteiger partial charge in [-0.2, -0.15) is 0 Å². The van der Waals surface area contributed by atoms with Gasteiger partial charge < -0.3 is 18.9 Å². The van der Waals surface area contributed by atoms with Crippen LogP contribution >= 0.6 is 0 Å². The van der Waals surface area contributed by atoms with Gasteiger partial charge in [-0.25, -0.2) is 0 Å². The van der Waals surface area contributed by atoms with Crippen molar-refractivity contribution >= 4 is 40.0 Å². The minimum absolute atomic E-state index is 0.141. The van der Waals surface area contributed by atoms with Crippen LogP contribution in [0.3, 0.4) is 0 Å². The molecule has 3 aliphatic carbocycles. The first-order valence-electron chi connectivity index (χ1n) is 33.5. The number of imide groups is 2. The predicted molar refractivity (Wildman–Crippen MR) is 361 cm³/mol. The van der Waals surface area contributed by atoms with E-state index in [9.17, 15) is 0 Å². The lowest BCUT2D eigenvalue weighted by molar-refractivity contribution is -0.150. The Kier molecular flexibility index (Phi) is 17.8. The van der Waals surface area contributed by atoms with E-state index in [1.54, 1.807) is 0 Å². The van der Waals surface area contributed by atoms with E-state index >= 15 is 19.2 Å². The lowest BCUT2D eigenvalue weighted by atomic mass is 9.54. The van der Waals surface area contributed by atoms with Crippen molar-refractivity contribution in [1.82, 2.24) is 9.80 Å². The van der Waals surface area contributed by atoms with Crippen molar-refractivity contribution < 1.29 is 38.1 Å². The first-order valence-corrected chi connectivity index (χ1v) is 33.5. The molecule has 4 unspecified atom stereocenters. The molecule has 90 heavy (non-hydrogen) atoms. The maximum absolute atomic E-state index is 15.8. The van der Waals surface area contributed by atoms with Crippen LogP contribution in [0.4, 0.5) is 0 Å². The van der Waals surface area contributed by atoms with Gasteiger partial charge in [0.15, 0.2) is 0 Å². The number of rotatable bonds is 22. The van der Waals surface area contributed by atoms with E-state index in [-0.39, 0.29) is 46.6 Å². The van der Waals surface area contributed by atoms with Crippen LogP contribution in [0.15, 0.2) is 138 Å². The van der Waals surface area contributed by atoms with Crippen molar-refractivity contribution in [3.8, 4) is 34.5 Å². The van der Waals surface area contributed by atoms with Gasteiger partial charge in [-0.3, -0.25) is 29.0 Å². The van der Waals surface area contributed by atoms with Gasteiger partial charge in [-0.05, 0) is 130 Å². The molecule has 0 saturated carbocycles. The van der Waals surface area contributed by atoms with E-state index in [1.807, 2.05) is 72.8 Å². The van der Waals surface area contributed by atoms with Gasteiger partial charge in [0, 0.05) is 58.0 Å². The lowest BCUT2D eigenvalue weighted by Crippen LogP contribution is -2.55. The highest BCUT2D eigenvalue weighted by Crippen LogP contribution is 2.66. The van der Waals surface area contributed by atoms with E-state index in [2.05, 4.69) is 145 Å². The van der Waals surface area contributed by atoms with Gasteiger partial charge >= 0.3 is 0 Å². The summed E-state index contributed by atoms with van der Waals surface area (Å²) in [6, 6.07) is 36.1. The van der Waals surface area contributed by atoms with Crippen molar-refractivity contribution in [2.24, 2.45) is 17.8 Å². The summed E-state index contributed by atoms with van der Waals surface area (Å²) < 4.78 is 29.5. The maximum atomic E-state index is 15.8. The summed E-state index contributed by atoms with van der Waals surface area (Å²) in [6.07, 6.45) is 15.7.